The molecule has 2 amide bonds. The SMILES string of the molecule is C=C1C=C(C(=O)O)N2C(=O)C(NC(=O)Cc3ccccc3)[C@@H]2S1=O. The van der Waals surface area contributed by atoms with E-state index in [1.807, 2.05) is 6.07 Å². The van der Waals surface area contributed by atoms with E-state index >= 15 is 0 Å². The summed E-state index contributed by atoms with van der Waals surface area (Å²) in [4.78, 5) is 36.6. The van der Waals surface area contributed by atoms with E-state index in [-0.39, 0.29) is 17.0 Å². The first-order valence-electron chi connectivity index (χ1n) is 7.11. The molecule has 2 aliphatic rings. The molecule has 0 radical (unpaired) electrons. The number of amides is 2. The number of allylic oxidation sites excluding steroid dienone is 1. The van der Waals surface area contributed by atoms with Gasteiger partial charge in [-0.2, -0.15) is 0 Å². The molecule has 0 bridgehead atoms. The maximum absolute atomic E-state index is 12.3. The zero-order valence-corrected chi connectivity index (χ0v) is 13.3. The Morgan fingerprint density at radius 2 is 1.96 bits per heavy atom. The molecule has 0 aliphatic carbocycles. The Balaban J connectivity index is 1.75. The minimum absolute atomic E-state index is 0.0759. The Kier molecular flexibility index (Phi) is 4.06. The topological polar surface area (TPSA) is 104 Å². The molecule has 1 saturated heterocycles. The Morgan fingerprint density at radius 1 is 1.29 bits per heavy atom. The summed E-state index contributed by atoms with van der Waals surface area (Å²) in [5.41, 5.74) is 0.502. The van der Waals surface area contributed by atoms with Crippen LogP contribution in [0.5, 0.6) is 0 Å². The monoisotopic (exact) mass is 346 g/mol. The molecule has 2 heterocycles. The average molecular weight is 346 g/mol. The van der Waals surface area contributed by atoms with Gasteiger partial charge in [0, 0.05) is 4.91 Å². The molecule has 2 unspecified atom stereocenters. The van der Waals surface area contributed by atoms with Gasteiger partial charge in [0.25, 0.3) is 5.91 Å². The van der Waals surface area contributed by atoms with Gasteiger partial charge in [-0.25, -0.2) is 4.79 Å². The number of aliphatic carboxylic acids is 1. The number of nitrogens with one attached hydrogen (secondary N) is 1. The standard InChI is InChI=1S/C16H14N2O5S/c1-9-7-11(16(21)22)18-14(20)13(15(18)24(9)23)17-12(19)8-10-5-3-2-4-6-10/h2-7,13,15H,1,8H2,(H,17,19)(H,21,22)/t13?,15-,24?/m0/s1. The number of hydrogen-bond donors (Lipinski definition) is 2. The zero-order valence-electron chi connectivity index (χ0n) is 12.5. The lowest BCUT2D eigenvalue weighted by molar-refractivity contribution is -0.150. The lowest BCUT2D eigenvalue weighted by Gasteiger charge is -2.48. The van der Waals surface area contributed by atoms with Crippen molar-refractivity contribution < 1.29 is 23.7 Å². The minimum atomic E-state index is -1.67. The van der Waals surface area contributed by atoms with Gasteiger partial charge < -0.3 is 10.4 Å². The van der Waals surface area contributed by atoms with Crippen LogP contribution >= 0.6 is 0 Å². The van der Waals surface area contributed by atoms with Crippen LogP contribution in [0.15, 0.2) is 53.6 Å². The second-order valence-electron chi connectivity index (χ2n) is 5.40. The van der Waals surface area contributed by atoms with Crippen molar-refractivity contribution in [1.29, 1.82) is 0 Å². The highest BCUT2D eigenvalue weighted by Gasteiger charge is 2.56. The Bertz CT molecular complexity index is 802. The highest BCUT2D eigenvalue weighted by molar-refractivity contribution is 7.90. The van der Waals surface area contributed by atoms with E-state index in [1.54, 1.807) is 24.3 Å². The lowest BCUT2D eigenvalue weighted by Crippen LogP contribution is -2.73. The molecule has 124 valence electrons. The van der Waals surface area contributed by atoms with E-state index in [2.05, 4.69) is 11.9 Å². The summed E-state index contributed by atoms with van der Waals surface area (Å²) >= 11 is 0. The number of nitrogens with zero attached hydrogens (tertiary/aromatic N) is 1. The smallest absolute Gasteiger partial charge is 0.352 e. The molecular weight excluding hydrogens is 332 g/mol. The van der Waals surface area contributed by atoms with E-state index in [4.69, 9.17) is 5.11 Å². The van der Waals surface area contributed by atoms with Crippen molar-refractivity contribution in [2.75, 3.05) is 0 Å². The number of carbonyl (C=O) groups excluding carboxylic acids is 2. The molecule has 2 N–H and O–H groups in total. The fraction of sp³-hybridized carbons (Fsp3) is 0.188. The molecule has 3 atom stereocenters. The van der Waals surface area contributed by atoms with Gasteiger partial charge in [-0.3, -0.25) is 18.7 Å². The van der Waals surface area contributed by atoms with Gasteiger partial charge >= 0.3 is 5.97 Å². The first-order valence-corrected chi connectivity index (χ1v) is 8.32. The second-order valence-corrected chi connectivity index (χ2v) is 7.01. The minimum Gasteiger partial charge on any atom is -0.477 e. The van der Waals surface area contributed by atoms with Crippen LogP contribution in [-0.4, -0.2) is 43.4 Å². The van der Waals surface area contributed by atoms with Gasteiger partial charge in [0.2, 0.25) is 5.91 Å². The van der Waals surface area contributed by atoms with Crippen molar-refractivity contribution >= 4 is 28.6 Å². The molecule has 24 heavy (non-hydrogen) atoms. The van der Waals surface area contributed by atoms with Crippen LogP contribution < -0.4 is 5.32 Å². The summed E-state index contributed by atoms with van der Waals surface area (Å²) in [6, 6.07) is 7.96. The number of rotatable bonds is 4. The number of carboxylic acid groups (broad SMARTS) is 1. The quantitative estimate of drug-likeness (QED) is 0.754. The fourth-order valence-electron chi connectivity index (χ4n) is 2.68. The molecule has 2 aliphatic heterocycles. The van der Waals surface area contributed by atoms with Gasteiger partial charge in [-0.05, 0) is 11.6 Å². The van der Waals surface area contributed by atoms with Crippen molar-refractivity contribution in [3.8, 4) is 0 Å². The number of hydrogen-bond acceptors (Lipinski definition) is 4. The maximum Gasteiger partial charge on any atom is 0.352 e. The average Bonchev–Trinajstić information content (AvgIpc) is 2.55. The van der Waals surface area contributed by atoms with Crippen LogP contribution in [0.1, 0.15) is 5.56 Å². The normalized spacial score (nSPS) is 25.4. The number of β-lactam (4-membered cyclic amide) rings is 1. The molecule has 0 aromatic heterocycles. The summed E-state index contributed by atoms with van der Waals surface area (Å²) in [5.74, 6) is -2.29. The van der Waals surface area contributed by atoms with Gasteiger partial charge in [0.1, 0.15) is 17.1 Å². The summed E-state index contributed by atoms with van der Waals surface area (Å²) in [5, 5.41) is 10.8. The van der Waals surface area contributed by atoms with E-state index < -0.39 is 40.0 Å². The first-order chi connectivity index (χ1) is 11.4. The van der Waals surface area contributed by atoms with Crippen molar-refractivity contribution in [1.82, 2.24) is 10.2 Å². The third-order valence-corrected chi connectivity index (χ3v) is 5.38. The van der Waals surface area contributed by atoms with Crippen molar-refractivity contribution in [2.24, 2.45) is 0 Å². The fourth-order valence-corrected chi connectivity index (χ4v) is 4.06. The molecule has 1 fully saturated rings. The zero-order chi connectivity index (χ0) is 17.4. The molecule has 7 nitrogen and oxygen atoms in total. The highest BCUT2D eigenvalue weighted by Crippen LogP contribution is 2.35. The van der Waals surface area contributed by atoms with Crippen LogP contribution in [0.3, 0.4) is 0 Å². The predicted molar refractivity (Wildman–Crippen MR) is 85.7 cm³/mol. The third-order valence-electron chi connectivity index (χ3n) is 3.82. The number of carbonyl (C=O) groups is 3. The van der Waals surface area contributed by atoms with Crippen LogP contribution in [0.25, 0.3) is 0 Å². The predicted octanol–water partition coefficient (Wildman–Crippen LogP) is 0.127. The van der Waals surface area contributed by atoms with Crippen LogP contribution in [-0.2, 0) is 31.6 Å². The Hall–Kier alpha value is -2.74. The molecule has 3 rings (SSSR count). The van der Waals surface area contributed by atoms with E-state index in [1.165, 1.54) is 0 Å². The van der Waals surface area contributed by atoms with Crippen molar-refractivity contribution in [3.05, 3.63) is 59.2 Å². The van der Waals surface area contributed by atoms with E-state index in [0.717, 1.165) is 16.5 Å². The van der Waals surface area contributed by atoms with Crippen LogP contribution in [0, 0.1) is 0 Å². The summed E-state index contributed by atoms with van der Waals surface area (Å²) in [6.45, 7) is 3.56. The summed E-state index contributed by atoms with van der Waals surface area (Å²) in [6.07, 6.45) is 1.20. The Morgan fingerprint density at radius 3 is 2.58 bits per heavy atom. The summed E-state index contributed by atoms with van der Waals surface area (Å²) < 4.78 is 12.3. The Labute approximate surface area is 140 Å². The molecule has 0 spiro atoms. The first kappa shape index (κ1) is 16.1. The van der Waals surface area contributed by atoms with Gasteiger partial charge in [-0.1, -0.05) is 36.9 Å². The molecule has 1 aromatic rings. The van der Waals surface area contributed by atoms with Crippen molar-refractivity contribution in [3.63, 3.8) is 0 Å². The van der Waals surface area contributed by atoms with Gasteiger partial charge in [-0.15, -0.1) is 0 Å². The molecular formula is C16H14N2O5S. The number of fused-ring (bicyclic) bond motifs is 1. The van der Waals surface area contributed by atoms with E-state index in [9.17, 15) is 18.6 Å². The maximum atomic E-state index is 12.3. The van der Waals surface area contributed by atoms with Crippen molar-refractivity contribution in [2.45, 2.75) is 17.8 Å². The van der Waals surface area contributed by atoms with Crippen LogP contribution in [0.2, 0.25) is 0 Å². The summed E-state index contributed by atoms with van der Waals surface area (Å²) in [7, 11) is -1.67. The van der Waals surface area contributed by atoms with E-state index in [0.29, 0.717) is 0 Å². The lowest BCUT2D eigenvalue weighted by atomic mass is 10.0. The second kappa shape index (κ2) is 6.04. The highest BCUT2D eigenvalue weighted by atomic mass is 32.2. The third kappa shape index (κ3) is 2.65. The van der Waals surface area contributed by atoms with Gasteiger partial charge in [0.15, 0.2) is 0 Å². The van der Waals surface area contributed by atoms with Crippen LogP contribution in [0.4, 0.5) is 0 Å². The molecule has 8 heteroatoms. The largest absolute Gasteiger partial charge is 0.477 e. The molecule has 0 saturated carbocycles. The number of benzene rings is 1. The number of carboxylic acids is 1. The molecule has 1 aromatic carbocycles. The van der Waals surface area contributed by atoms with Gasteiger partial charge in [0.05, 0.1) is 17.2 Å².